The van der Waals surface area contributed by atoms with Crippen LogP contribution in [-0.2, 0) is 4.74 Å². The van der Waals surface area contributed by atoms with Crippen molar-refractivity contribution in [3.8, 4) is 5.75 Å². The van der Waals surface area contributed by atoms with Crippen LogP contribution in [0, 0.1) is 11.8 Å². The van der Waals surface area contributed by atoms with Crippen LogP contribution in [0.25, 0.3) is 11.0 Å². The quantitative estimate of drug-likeness (QED) is 0.442. The Morgan fingerprint density at radius 2 is 1.73 bits per heavy atom. The number of ether oxygens (including phenoxy) is 2. The molecule has 2 aromatic carbocycles. The summed E-state index contributed by atoms with van der Waals surface area (Å²) in [6.45, 7) is 4.46. The van der Waals surface area contributed by atoms with Crippen LogP contribution in [0.4, 0.5) is 24.8 Å². The van der Waals surface area contributed by atoms with Gasteiger partial charge < -0.3 is 19.4 Å². The summed E-state index contributed by atoms with van der Waals surface area (Å²) >= 11 is 0. The molecule has 1 N–H and O–H groups in total. The maximum Gasteiger partial charge on any atom is 0.573 e. The number of rotatable bonds is 5. The normalized spacial score (nSPS) is 21.1. The van der Waals surface area contributed by atoms with Crippen LogP contribution in [0.2, 0.25) is 0 Å². The van der Waals surface area contributed by atoms with Crippen molar-refractivity contribution in [2.45, 2.75) is 45.5 Å². The van der Waals surface area contributed by atoms with Gasteiger partial charge in [-0.3, -0.25) is 0 Å². The molecule has 6 nitrogen and oxygen atoms in total. The van der Waals surface area contributed by atoms with Gasteiger partial charge in [-0.1, -0.05) is 13.8 Å². The van der Waals surface area contributed by atoms with Crippen LogP contribution in [-0.4, -0.2) is 29.0 Å². The van der Waals surface area contributed by atoms with Crippen LogP contribution < -0.4 is 10.1 Å². The fourth-order valence-electron chi connectivity index (χ4n) is 4.78. The summed E-state index contributed by atoms with van der Waals surface area (Å²) in [5.41, 5.74) is 2.53. The Morgan fingerprint density at radius 3 is 2.33 bits per heavy atom. The molecular weight excluding hydrogens is 435 g/mol. The van der Waals surface area contributed by atoms with Gasteiger partial charge in [-0.25, -0.2) is 9.78 Å². The van der Waals surface area contributed by atoms with Gasteiger partial charge >= 0.3 is 12.3 Å². The van der Waals surface area contributed by atoms with Gasteiger partial charge in [-0.15, -0.1) is 13.2 Å². The zero-order chi connectivity index (χ0) is 23.8. The fraction of sp³-hybridized carbons (Fsp3) is 0.417. The summed E-state index contributed by atoms with van der Waals surface area (Å²) in [5, 5.41) is 3.24. The number of carbonyl (C=O) groups excluding carboxylic acids is 1. The number of anilines is 2. The molecule has 2 unspecified atom stereocenters. The van der Waals surface area contributed by atoms with Crippen molar-refractivity contribution in [2.75, 3.05) is 12.4 Å². The number of esters is 1. The van der Waals surface area contributed by atoms with E-state index in [0.29, 0.717) is 34.6 Å². The number of carbonyl (C=O) groups is 1. The number of alkyl halides is 3. The molecule has 1 heterocycles. The number of nitrogens with one attached hydrogen (secondary N) is 1. The first-order valence-corrected chi connectivity index (χ1v) is 10.9. The molecule has 176 valence electrons. The van der Waals surface area contributed by atoms with Gasteiger partial charge in [0.1, 0.15) is 5.75 Å². The van der Waals surface area contributed by atoms with Crippen molar-refractivity contribution < 1.29 is 27.4 Å². The first kappa shape index (κ1) is 22.9. The second kappa shape index (κ2) is 8.96. The highest BCUT2D eigenvalue weighted by Gasteiger charge is 2.31. The molecule has 1 aliphatic rings. The molecule has 0 amide bonds. The number of nitrogens with zero attached hydrogens (tertiary/aromatic N) is 2. The monoisotopic (exact) mass is 461 g/mol. The van der Waals surface area contributed by atoms with Crippen LogP contribution in [0.1, 0.15) is 49.5 Å². The molecule has 1 aromatic heterocycles. The van der Waals surface area contributed by atoms with Crippen molar-refractivity contribution in [3.63, 3.8) is 0 Å². The van der Waals surface area contributed by atoms with E-state index in [0.717, 1.165) is 24.8 Å². The van der Waals surface area contributed by atoms with Gasteiger partial charge in [-0.05, 0) is 73.6 Å². The van der Waals surface area contributed by atoms with E-state index in [-0.39, 0.29) is 11.8 Å². The van der Waals surface area contributed by atoms with Gasteiger partial charge in [0.25, 0.3) is 0 Å². The molecule has 1 aliphatic carbocycles. The zero-order valence-corrected chi connectivity index (χ0v) is 18.6. The number of hydrogen-bond donors (Lipinski definition) is 1. The Bertz CT molecular complexity index is 1130. The van der Waals surface area contributed by atoms with E-state index in [9.17, 15) is 18.0 Å². The van der Waals surface area contributed by atoms with Crippen molar-refractivity contribution in [3.05, 3.63) is 48.0 Å². The minimum absolute atomic E-state index is 0.164. The average Bonchev–Trinajstić information content (AvgIpc) is 3.09. The van der Waals surface area contributed by atoms with Crippen molar-refractivity contribution in [2.24, 2.45) is 11.8 Å². The number of imidazole rings is 1. The lowest BCUT2D eigenvalue weighted by molar-refractivity contribution is -0.274. The molecule has 4 rings (SSSR count). The van der Waals surface area contributed by atoms with Crippen LogP contribution in [0.5, 0.6) is 5.75 Å². The second-order valence-electron chi connectivity index (χ2n) is 8.77. The predicted molar refractivity (Wildman–Crippen MR) is 119 cm³/mol. The molecule has 0 spiro atoms. The SMILES string of the molecule is COC(=O)c1ccc2nc(Nc3ccc(OC(F)(F)F)cc3)n(C3CC(C)CC(C)C3)c2c1. The number of aromatic nitrogens is 2. The third-order valence-electron chi connectivity index (χ3n) is 5.97. The van der Waals surface area contributed by atoms with Crippen LogP contribution >= 0.6 is 0 Å². The van der Waals surface area contributed by atoms with E-state index in [1.165, 1.54) is 31.4 Å². The summed E-state index contributed by atoms with van der Waals surface area (Å²) in [5.74, 6) is 0.921. The molecule has 1 saturated carbocycles. The Balaban J connectivity index is 1.73. The third kappa shape index (κ3) is 5.23. The van der Waals surface area contributed by atoms with E-state index in [4.69, 9.17) is 9.72 Å². The van der Waals surface area contributed by atoms with Gasteiger partial charge in [-0.2, -0.15) is 0 Å². The predicted octanol–water partition coefficient (Wildman–Crippen LogP) is 6.46. The lowest BCUT2D eigenvalue weighted by Crippen LogP contribution is -2.23. The molecule has 0 radical (unpaired) electrons. The fourth-order valence-corrected chi connectivity index (χ4v) is 4.78. The second-order valence-corrected chi connectivity index (χ2v) is 8.77. The number of fused-ring (bicyclic) bond motifs is 1. The van der Waals surface area contributed by atoms with Crippen LogP contribution in [0.3, 0.4) is 0 Å². The number of benzene rings is 2. The molecule has 1 fully saturated rings. The molecule has 0 saturated heterocycles. The van der Waals surface area contributed by atoms with E-state index in [1.807, 2.05) is 0 Å². The number of hydrogen-bond acceptors (Lipinski definition) is 5. The van der Waals surface area contributed by atoms with E-state index < -0.39 is 12.3 Å². The Morgan fingerprint density at radius 1 is 1.06 bits per heavy atom. The topological polar surface area (TPSA) is 65.4 Å². The maximum atomic E-state index is 12.5. The lowest BCUT2D eigenvalue weighted by Gasteiger charge is -2.33. The minimum Gasteiger partial charge on any atom is -0.465 e. The number of methoxy groups -OCH3 is 1. The Labute approximate surface area is 189 Å². The zero-order valence-electron chi connectivity index (χ0n) is 18.6. The summed E-state index contributed by atoms with van der Waals surface area (Å²) in [6, 6.07) is 10.9. The summed E-state index contributed by atoms with van der Waals surface area (Å²) < 4.78 is 48.3. The van der Waals surface area contributed by atoms with Crippen molar-refractivity contribution in [1.82, 2.24) is 9.55 Å². The number of halogens is 3. The highest BCUT2D eigenvalue weighted by molar-refractivity contribution is 5.94. The summed E-state index contributed by atoms with van der Waals surface area (Å²) in [7, 11) is 1.34. The van der Waals surface area contributed by atoms with Gasteiger partial charge in [0.05, 0.1) is 23.7 Å². The van der Waals surface area contributed by atoms with Crippen LogP contribution in [0.15, 0.2) is 42.5 Å². The van der Waals surface area contributed by atoms with Crippen molar-refractivity contribution >= 4 is 28.6 Å². The maximum absolute atomic E-state index is 12.5. The Hall–Kier alpha value is -3.23. The standard InChI is InChI=1S/C24H26F3N3O3/c1-14-10-15(2)12-18(11-14)30-21-13-16(22(31)32-3)4-9-20(21)29-23(30)28-17-5-7-19(8-6-17)33-24(25,26)27/h4-9,13-15,18H,10-12H2,1-3H3,(H,28,29). The van der Waals surface area contributed by atoms with Gasteiger partial charge in [0.15, 0.2) is 0 Å². The summed E-state index contributed by atoms with van der Waals surface area (Å²) in [4.78, 5) is 16.8. The lowest BCUT2D eigenvalue weighted by atomic mass is 9.80. The van der Waals surface area contributed by atoms with Crippen molar-refractivity contribution in [1.29, 1.82) is 0 Å². The highest BCUT2D eigenvalue weighted by Crippen LogP contribution is 2.40. The molecule has 0 aliphatic heterocycles. The van der Waals surface area contributed by atoms with Gasteiger partial charge in [0, 0.05) is 11.7 Å². The molecule has 33 heavy (non-hydrogen) atoms. The molecule has 9 heteroatoms. The molecule has 3 aromatic rings. The summed E-state index contributed by atoms with van der Waals surface area (Å²) in [6.07, 6.45) is -1.66. The van der Waals surface area contributed by atoms with E-state index >= 15 is 0 Å². The first-order valence-electron chi connectivity index (χ1n) is 10.9. The van der Waals surface area contributed by atoms with Gasteiger partial charge in [0.2, 0.25) is 5.95 Å². The minimum atomic E-state index is -4.74. The third-order valence-corrected chi connectivity index (χ3v) is 5.97. The largest absolute Gasteiger partial charge is 0.573 e. The molecular formula is C24H26F3N3O3. The highest BCUT2D eigenvalue weighted by atomic mass is 19.4. The molecule has 2 atom stereocenters. The van der Waals surface area contributed by atoms with E-state index in [2.05, 4.69) is 28.5 Å². The average molecular weight is 461 g/mol. The first-order chi connectivity index (χ1) is 15.6. The van der Waals surface area contributed by atoms with E-state index in [1.54, 1.807) is 18.2 Å². The smallest absolute Gasteiger partial charge is 0.465 e. The molecule has 0 bridgehead atoms. The Kier molecular flexibility index (Phi) is 6.23.